The average molecular weight is 185 g/mol. The van der Waals surface area contributed by atoms with Crippen molar-refractivity contribution in [2.75, 3.05) is 27.7 Å². The van der Waals surface area contributed by atoms with Gasteiger partial charge >= 0.3 is 0 Å². The van der Waals surface area contributed by atoms with Crippen LogP contribution in [0.2, 0.25) is 0 Å². The van der Waals surface area contributed by atoms with Gasteiger partial charge in [0.05, 0.1) is 33.4 Å². The Morgan fingerprint density at radius 2 is 2.08 bits per heavy atom. The minimum Gasteiger partial charge on any atom is -0.411 e. The van der Waals surface area contributed by atoms with Crippen LogP contribution in [0.3, 0.4) is 0 Å². The Morgan fingerprint density at radius 3 is 2.62 bits per heavy atom. The Labute approximate surface area is 80.6 Å². The van der Waals surface area contributed by atoms with E-state index in [0.29, 0.717) is 5.92 Å². The molecule has 0 heterocycles. The number of oxime groups is 1. The second kappa shape index (κ2) is 4.09. The van der Waals surface area contributed by atoms with E-state index in [2.05, 4.69) is 26.3 Å². The highest BCUT2D eigenvalue weighted by Gasteiger charge is 2.26. The molecule has 1 atom stereocenters. The zero-order valence-corrected chi connectivity index (χ0v) is 8.95. The molecule has 0 saturated heterocycles. The summed E-state index contributed by atoms with van der Waals surface area (Å²) in [5, 5.41) is 12.3. The SMILES string of the molecule is C[N+](C)(C)CC1CCCC/C1=N\O. The van der Waals surface area contributed by atoms with Crippen LogP contribution in [0.1, 0.15) is 25.7 Å². The first-order chi connectivity index (χ1) is 6.03. The third-order valence-electron chi connectivity index (χ3n) is 2.60. The molecule has 1 fully saturated rings. The van der Waals surface area contributed by atoms with Crippen molar-refractivity contribution in [2.45, 2.75) is 25.7 Å². The first kappa shape index (κ1) is 10.5. The van der Waals surface area contributed by atoms with E-state index in [0.717, 1.165) is 23.2 Å². The van der Waals surface area contributed by atoms with Crippen molar-refractivity contribution in [2.24, 2.45) is 11.1 Å². The third-order valence-corrected chi connectivity index (χ3v) is 2.60. The van der Waals surface area contributed by atoms with Crippen molar-refractivity contribution >= 4 is 5.71 Å². The summed E-state index contributed by atoms with van der Waals surface area (Å²) in [6.07, 6.45) is 4.65. The summed E-state index contributed by atoms with van der Waals surface area (Å²) in [7, 11) is 6.55. The molecule has 0 aromatic carbocycles. The minimum atomic E-state index is 0.499. The van der Waals surface area contributed by atoms with Crippen LogP contribution < -0.4 is 0 Å². The maximum absolute atomic E-state index is 8.84. The van der Waals surface area contributed by atoms with Crippen LogP contribution in [0.5, 0.6) is 0 Å². The molecule has 0 aromatic heterocycles. The summed E-state index contributed by atoms with van der Waals surface area (Å²) < 4.78 is 0.948. The third kappa shape index (κ3) is 3.35. The molecular formula is C10H21N2O+. The molecule has 1 rings (SSSR count). The van der Waals surface area contributed by atoms with Crippen molar-refractivity contribution in [1.82, 2.24) is 0 Å². The van der Waals surface area contributed by atoms with Crippen LogP contribution in [-0.2, 0) is 0 Å². The lowest BCUT2D eigenvalue weighted by atomic mass is 9.86. The Bertz CT molecular complexity index is 194. The largest absolute Gasteiger partial charge is 0.411 e. The summed E-state index contributed by atoms with van der Waals surface area (Å²) in [6, 6.07) is 0. The van der Waals surface area contributed by atoms with E-state index in [9.17, 15) is 0 Å². The number of rotatable bonds is 2. The van der Waals surface area contributed by atoms with Crippen molar-refractivity contribution in [1.29, 1.82) is 0 Å². The van der Waals surface area contributed by atoms with E-state index < -0.39 is 0 Å². The second-order valence-corrected chi connectivity index (χ2v) is 5.01. The van der Waals surface area contributed by atoms with E-state index in [1.807, 2.05) is 0 Å². The standard InChI is InChI=1S/C10H20N2O/c1-12(2,3)8-9-6-4-5-7-10(9)11-13/h9H,4-8H2,1-3H3/p+1/b11-10+. The van der Waals surface area contributed by atoms with Crippen molar-refractivity contribution < 1.29 is 9.69 Å². The molecular weight excluding hydrogens is 164 g/mol. The zero-order valence-electron chi connectivity index (χ0n) is 8.95. The van der Waals surface area contributed by atoms with Crippen LogP contribution in [0.4, 0.5) is 0 Å². The summed E-state index contributed by atoms with van der Waals surface area (Å²) in [5.41, 5.74) is 1.01. The Kier molecular flexibility index (Phi) is 3.31. The van der Waals surface area contributed by atoms with E-state index in [4.69, 9.17) is 5.21 Å². The lowest BCUT2D eigenvalue weighted by molar-refractivity contribution is -0.872. The molecule has 0 amide bonds. The van der Waals surface area contributed by atoms with E-state index in [-0.39, 0.29) is 0 Å². The highest BCUT2D eigenvalue weighted by Crippen LogP contribution is 2.23. The molecule has 0 bridgehead atoms. The molecule has 1 N–H and O–H groups in total. The maximum Gasteiger partial charge on any atom is 0.0863 e. The van der Waals surface area contributed by atoms with Gasteiger partial charge in [0.15, 0.2) is 0 Å². The molecule has 3 nitrogen and oxygen atoms in total. The smallest absolute Gasteiger partial charge is 0.0863 e. The molecule has 1 aliphatic carbocycles. The van der Waals surface area contributed by atoms with Gasteiger partial charge in [-0.05, 0) is 19.3 Å². The molecule has 1 saturated carbocycles. The van der Waals surface area contributed by atoms with E-state index in [1.54, 1.807) is 0 Å². The number of hydrogen-bond donors (Lipinski definition) is 1. The first-order valence-corrected chi connectivity index (χ1v) is 5.04. The van der Waals surface area contributed by atoms with E-state index in [1.165, 1.54) is 19.3 Å². The van der Waals surface area contributed by atoms with Gasteiger partial charge in [0.1, 0.15) is 0 Å². The lowest BCUT2D eigenvalue weighted by Crippen LogP contribution is -2.42. The highest BCUT2D eigenvalue weighted by molar-refractivity contribution is 5.86. The molecule has 3 heteroatoms. The Morgan fingerprint density at radius 1 is 1.38 bits per heavy atom. The summed E-state index contributed by atoms with van der Waals surface area (Å²) >= 11 is 0. The summed E-state index contributed by atoms with van der Waals surface area (Å²) in [6.45, 7) is 1.08. The van der Waals surface area contributed by atoms with Gasteiger partial charge in [-0.1, -0.05) is 11.6 Å². The maximum atomic E-state index is 8.84. The van der Waals surface area contributed by atoms with Gasteiger partial charge < -0.3 is 9.69 Å². The number of quaternary nitrogens is 1. The van der Waals surface area contributed by atoms with Crippen LogP contribution in [0.15, 0.2) is 5.16 Å². The topological polar surface area (TPSA) is 32.6 Å². The van der Waals surface area contributed by atoms with Gasteiger partial charge in [0.2, 0.25) is 0 Å². The van der Waals surface area contributed by atoms with Gasteiger partial charge in [0, 0.05) is 5.92 Å². The predicted molar refractivity (Wildman–Crippen MR) is 54.1 cm³/mol. The second-order valence-electron chi connectivity index (χ2n) is 5.01. The monoisotopic (exact) mass is 185 g/mol. The molecule has 1 unspecified atom stereocenters. The van der Waals surface area contributed by atoms with Crippen LogP contribution in [0, 0.1) is 5.92 Å². The number of hydrogen-bond acceptors (Lipinski definition) is 2. The lowest BCUT2D eigenvalue weighted by Gasteiger charge is -2.31. The molecule has 0 spiro atoms. The normalized spacial score (nSPS) is 27.9. The van der Waals surface area contributed by atoms with Gasteiger partial charge in [-0.3, -0.25) is 0 Å². The van der Waals surface area contributed by atoms with Crippen molar-refractivity contribution in [3.05, 3.63) is 0 Å². The fourth-order valence-corrected chi connectivity index (χ4v) is 2.06. The summed E-state index contributed by atoms with van der Waals surface area (Å²) in [5.74, 6) is 0.499. The molecule has 1 aliphatic rings. The minimum absolute atomic E-state index is 0.499. The fourth-order valence-electron chi connectivity index (χ4n) is 2.06. The summed E-state index contributed by atoms with van der Waals surface area (Å²) in [4.78, 5) is 0. The molecule has 0 aromatic rings. The van der Waals surface area contributed by atoms with Gasteiger partial charge in [0.25, 0.3) is 0 Å². The van der Waals surface area contributed by atoms with Crippen LogP contribution in [0.25, 0.3) is 0 Å². The quantitative estimate of drug-likeness (QED) is 0.396. The molecule has 13 heavy (non-hydrogen) atoms. The average Bonchev–Trinajstić information content (AvgIpc) is 2.02. The van der Waals surface area contributed by atoms with Crippen LogP contribution in [-0.4, -0.2) is 43.1 Å². The van der Waals surface area contributed by atoms with Gasteiger partial charge in [-0.25, -0.2) is 0 Å². The predicted octanol–water partition coefficient (Wildman–Crippen LogP) is 1.71. The molecule has 0 aliphatic heterocycles. The van der Waals surface area contributed by atoms with Crippen molar-refractivity contribution in [3.8, 4) is 0 Å². The number of nitrogens with zero attached hydrogens (tertiary/aromatic N) is 2. The van der Waals surface area contributed by atoms with Crippen LogP contribution >= 0.6 is 0 Å². The Balaban J connectivity index is 2.56. The van der Waals surface area contributed by atoms with E-state index >= 15 is 0 Å². The first-order valence-electron chi connectivity index (χ1n) is 5.04. The van der Waals surface area contributed by atoms with Gasteiger partial charge in [-0.2, -0.15) is 0 Å². The molecule has 76 valence electrons. The highest BCUT2D eigenvalue weighted by atomic mass is 16.4. The van der Waals surface area contributed by atoms with Gasteiger partial charge in [-0.15, -0.1) is 0 Å². The fraction of sp³-hybridized carbons (Fsp3) is 0.900. The Hall–Kier alpha value is -0.570. The van der Waals surface area contributed by atoms with Crippen molar-refractivity contribution in [3.63, 3.8) is 0 Å². The molecule has 0 radical (unpaired) electrons. The zero-order chi connectivity index (χ0) is 9.90.